The zero-order valence-corrected chi connectivity index (χ0v) is 14.3. The summed E-state index contributed by atoms with van der Waals surface area (Å²) in [4.78, 5) is 25.6. The molecule has 1 saturated heterocycles. The molecule has 1 aromatic rings. The predicted molar refractivity (Wildman–Crippen MR) is 89.4 cm³/mol. The Morgan fingerprint density at radius 1 is 1.20 bits per heavy atom. The number of alkyl halides is 2. The van der Waals surface area contributed by atoms with Crippen molar-refractivity contribution in [3.8, 4) is 0 Å². The number of carbonyl (C=O) groups is 2. The molecule has 25 heavy (non-hydrogen) atoms. The summed E-state index contributed by atoms with van der Waals surface area (Å²) >= 11 is 0. The van der Waals surface area contributed by atoms with Gasteiger partial charge >= 0.3 is 11.8 Å². The Morgan fingerprint density at radius 2 is 1.84 bits per heavy atom. The number of nitrogens with one attached hydrogen (secondary N) is 2. The molecule has 8 heteroatoms. The van der Waals surface area contributed by atoms with Crippen LogP contribution in [0.5, 0.6) is 0 Å². The third-order valence-electron chi connectivity index (χ3n) is 3.78. The normalized spacial score (nSPS) is 21.2. The largest absolute Gasteiger partial charge is 0.373 e. The van der Waals surface area contributed by atoms with Crippen molar-refractivity contribution in [1.29, 1.82) is 0 Å². The van der Waals surface area contributed by atoms with Gasteiger partial charge in [-0.15, -0.1) is 0 Å². The minimum Gasteiger partial charge on any atom is -0.373 e. The van der Waals surface area contributed by atoms with Crippen LogP contribution in [-0.4, -0.2) is 55.0 Å². The van der Waals surface area contributed by atoms with Gasteiger partial charge in [0.05, 0.1) is 18.8 Å². The summed E-state index contributed by atoms with van der Waals surface area (Å²) < 4.78 is 29.9. The molecule has 1 aromatic carbocycles. The Balaban J connectivity index is 2.00. The highest BCUT2D eigenvalue weighted by Crippen LogP contribution is 2.20. The molecule has 0 spiro atoms. The van der Waals surface area contributed by atoms with Crippen LogP contribution in [0.2, 0.25) is 0 Å². The van der Waals surface area contributed by atoms with E-state index in [1.54, 1.807) is 12.1 Å². The van der Waals surface area contributed by atoms with Gasteiger partial charge in [0.15, 0.2) is 0 Å². The SMILES string of the molecule is C[C@@H]1CN(Cc2ccccc2NC(=O)C(=O)NCC(F)F)C[C@H](C)O1. The number of carbonyl (C=O) groups excluding carboxylic acids is 2. The number of morpholine rings is 1. The lowest BCUT2D eigenvalue weighted by Crippen LogP contribution is -2.45. The van der Waals surface area contributed by atoms with Crippen molar-refractivity contribution in [2.24, 2.45) is 0 Å². The van der Waals surface area contributed by atoms with Crippen molar-refractivity contribution in [3.05, 3.63) is 29.8 Å². The third kappa shape index (κ3) is 6.06. The zero-order valence-electron chi connectivity index (χ0n) is 14.3. The molecule has 2 rings (SSSR count). The van der Waals surface area contributed by atoms with Gasteiger partial charge < -0.3 is 15.4 Å². The maximum Gasteiger partial charge on any atom is 0.313 e. The molecule has 0 aliphatic carbocycles. The number of nitrogens with zero attached hydrogens (tertiary/aromatic N) is 1. The average Bonchev–Trinajstić information content (AvgIpc) is 2.53. The van der Waals surface area contributed by atoms with E-state index in [0.29, 0.717) is 12.2 Å². The molecule has 138 valence electrons. The van der Waals surface area contributed by atoms with Gasteiger partial charge in [0.25, 0.3) is 6.43 Å². The average molecular weight is 355 g/mol. The Kier molecular flexibility index (Phi) is 6.83. The molecule has 1 aliphatic heterocycles. The van der Waals surface area contributed by atoms with E-state index in [2.05, 4.69) is 10.2 Å². The number of benzene rings is 1. The molecule has 0 saturated carbocycles. The molecule has 0 radical (unpaired) electrons. The molecule has 2 amide bonds. The summed E-state index contributed by atoms with van der Waals surface area (Å²) in [5.41, 5.74) is 1.34. The fourth-order valence-corrected chi connectivity index (χ4v) is 2.86. The summed E-state index contributed by atoms with van der Waals surface area (Å²) in [5.74, 6) is -2.04. The van der Waals surface area contributed by atoms with Gasteiger partial charge in [0, 0.05) is 25.3 Å². The fourth-order valence-electron chi connectivity index (χ4n) is 2.86. The Labute approximate surface area is 145 Å². The highest BCUT2D eigenvalue weighted by molar-refractivity contribution is 6.39. The van der Waals surface area contributed by atoms with Gasteiger partial charge in [0.1, 0.15) is 0 Å². The lowest BCUT2D eigenvalue weighted by atomic mass is 10.1. The predicted octanol–water partition coefficient (Wildman–Crippen LogP) is 1.62. The number of amides is 2. The first-order chi connectivity index (χ1) is 11.8. The molecule has 0 aromatic heterocycles. The summed E-state index contributed by atoms with van der Waals surface area (Å²) in [7, 11) is 0. The first-order valence-corrected chi connectivity index (χ1v) is 8.18. The van der Waals surface area contributed by atoms with Crippen LogP contribution in [0.15, 0.2) is 24.3 Å². The summed E-state index contributed by atoms with van der Waals surface area (Å²) in [6, 6.07) is 7.12. The smallest absolute Gasteiger partial charge is 0.313 e. The highest BCUT2D eigenvalue weighted by Gasteiger charge is 2.23. The minimum atomic E-state index is -2.70. The molecule has 1 fully saturated rings. The minimum absolute atomic E-state index is 0.116. The topological polar surface area (TPSA) is 70.7 Å². The summed E-state index contributed by atoms with van der Waals surface area (Å²) in [5, 5.41) is 4.38. The van der Waals surface area contributed by atoms with Gasteiger partial charge in [-0.2, -0.15) is 0 Å². The van der Waals surface area contributed by atoms with Crippen LogP contribution in [0.1, 0.15) is 19.4 Å². The second kappa shape index (κ2) is 8.87. The van der Waals surface area contributed by atoms with Crippen molar-refractivity contribution in [2.75, 3.05) is 25.0 Å². The first kappa shape index (κ1) is 19.3. The number of rotatable bonds is 5. The number of anilines is 1. The van der Waals surface area contributed by atoms with Crippen LogP contribution in [0.3, 0.4) is 0 Å². The Morgan fingerprint density at radius 3 is 2.48 bits per heavy atom. The van der Waals surface area contributed by atoms with E-state index in [9.17, 15) is 18.4 Å². The molecule has 1 aliphatic rings. The Hall–Kier alpha value is -2.06. The van der Waals surface area contributed by atoms with Gasteiger partial charge in [-0.05, 0) is 25.5 Å². The first-order valence-electron chi connectivity index (χ1n) is 8.18. The quantitative estimate of drug-likeness (QED) is 0.788. The van der Waals surface area contributed by atoms with Crippen molar-refractivity contribution in [2.45, 2.75) is 39.0 Å². The summed E-state index contributed by atoms with van der Waals surface area (Å²) in [6.45, 7) is 5.28. The van der Waals surface area contributed by atoms with E-state index < -0.39 is 24.8 Å². The molecule has 1 heterocycles. The van der Waals surface area contributed by atoms with Crippen LogP contribution in [0, 0.1) is 0 Å². The summed E-state index contributed by atoms with van der Waals surface area (Å²) in [6.07, 6.45) is -2.47. The number of para-hydroxylation sites is 1. The second-order valence-corrected chi connectivity index (χ2v) is 6.16. The van der Waals surface area contributed by atoms with E-state index in [4.69, 9.17) is 4.74 Å². The van der Waals surface area contributed by atoms with E-state index in [0.717, 1.165) is 18.7 Å². The highest BCUT2D eigenvalue weighted by atomic mass is 19.3. The van der Waals surface area contributed by atoms with Gasteiger partial charge in [-0.1, -0.05) is 18.2 Å². The van der Waals surface area contributed by atoms with Crippen LogP contribution in [0.4, 0.5) is 14.5 Å². The maximum atomic E-state index is 12.1. The standard InChI is InChI=1S/C17H23F2N3O3/c1-11-8-22(9-12(2)25-11)10-13-5-3-4-6-14(13)21-17(24)16(23)20-7-15(18)19/h3-6,11-12,15H,7-10H2,1-2H3,(H,20,23)(H,21,24)/t11-,12+. The van der Waals surface area contributed by atoms with Gasteiger partial charge in [0.2, 0.25) is 0 Å². The lowest BCUT2D eigenvalue weighted by Gasteiger charge is -2.35. The van der Waals surface area contributed by atoms with Gasteiger partial charge in [-0.3, -0.25) is 14.5 Å². The van der Waals surface area contributed by atoms with Crippen molar-refractivity contribution in [3.63, 3.8) is 0 Å². The second-order valence-electron chi connectivity index (χ2n) is 6.16. The maximum absolute atomic E-state index is 12.1. The molecule has 6 nitrogen and oxygen atoms in total. The zero-order chi connectivity index (χ0) is 18.4. The molecular formula is C17H23F2N3O3. The number of hydrogen-bond donors (Lipinski definition) is 2. The monoisotopic (exact) mass is 355 g/mol. The molecule has 2 atom stereocenters. The van der Waals surface area contributed by atoms with Gasteiger partial charge in [-0.25, -0.2) is 8.78 Å². The van der Waals surface area contributed by atoms with Crippen LogP contribution in [0.25, 0.3) is 0 Å². The van der Waals surface area contributed by atoms with Crippen LogP contribution in [-0.2, 0) is 20.9 Å². The van der Waals surface area contributed by atoms with Crippen LogP contribution < -0.4 is 10.6 Å². The van der Waals surface area contributed by atoms with E-state index >= 15 is 0 Å². The van der Waals surface area contributed by atoms with E-state index in [1.165, 1.54) is 0 Å². The molecular weight excluding hydrogens is 332 g/mol. The number of halogens is 2. The van der Waals surface area contributed by atoms with E-state index in [1.807, 2.05) is 31.3 Å². The fraction of sp³-hybridized carbons (Fsp3) is 0.529. The van der Waals surface area contributed by atoms with E-state index in [-0.39, 0.29) is 12.2 Å². The number of hydrogen-bond acceptors (Lipinski definition) is 4. The van der Waals surface area contributed by atoms with Crippen molar-refractivity contribution >= 4 is 17.5 Å². The molecule has 2 N–H and O–H groups in total. The Bertz CT molecular complexity index is 603. The number of ether oxygens (including phenoxy) is 1. The van der Waals surface area contributed by atoms with Crippen molar-refractivity contribution in [1.82, 2.24) is 10.2 Å². The van der Waals surface area contributed by atoms with Crippen molar-refractivity contribution < 1.29 is 23.1 Å². The van der Waals surface area contributed by atoms with Crippen LogP contribution >= 0.6 is 0 Å². The lowest BCUT2D eigenvalue weighted by molar-refractivity contribution is -0.136. The third-order valence-corrected chi connectivity index (χ3v) is 3.78. The molecule has 0 bridgehead atoms. The molecule has 0 unspecified atom stereocenters.